The molecule has 1 unspecified atom stereocenters. The molecule has 1 heterocycles. The van der Waals surface area contributed by atoms with Gasteiger partial charge in [-0.05, 0) is 36.6 Å². The molecule has 6 heteroatoms. The number of aromatic carboxylic acids is 1. The third kappa shape index (κ3) is 4.42. The van der Waals surface area contributed by atoms with Crippen LogP contribution in [-0.2, 0) is 11.3 Å². The molecule has 1 aromatic carbocycles. The molecule has 2 N–H and O–H groups in total. The molecule has 0 aliphatic rings. The van der Waals surface area contributed by atoms with E-state index in [1.807, 2.05) is 6.92 Å². The number of hydrogen-bond acceptors (Lipinski definition) is 3. The maximum atomic E-state index is 13.2. The number of benzene rings is 1. The van der Waals surface area contributed by atoms with Crippen molar-refractivity contribution in [2.24, 2.45) is 0 Å². The van der Waals surface area contributed by atoms with Crippen molar-refractivity contribution in [1.82, 2.24) is 5.32 Å². The summed E-state index contributed by atoms with van der Waals surface area (Å²) in [4.78, 5) is 22.9. The van der Waals surface area contributed by atoms with Gasteiger partial charge in [-0.3, -0.25) is 4.79 Å². The molecule has 23 heavy (non-hydrogen) atoms. The normalized spacial score (nSPS) is 12.0. The number of amides is 1. The van der Waals surface area contributed by atoms with Gasteiger partial charge in [0.05, 0.1) is 6.54 Å². The van der Waals surface area contributed by atoms with Gasteiger partial charge in [-0.25, -0.2) is 9.18 Å². The molecule has 0 aliphatic heterocycles. The van der Waals surface area contributed by atoms with E-state index in [-0.39, 0.29) is 36.2 Å². The number of carbonyl (C=O) groups excluding carboxylic acids is 1. The van der Waals surface area contributed by atoms with Crippen LogP contribution in [0.25, 0.3) is 0 Å². The van der Waals surface area contributed by atoms with Crippen LogP contribution in [0.1, 0.15) is 46.7 Å². The lowest BCUT2D eigenvalue weighted by molar-refractivity contribution is -0.121. The Labute approximate surface area is 133 Å². The predicted octanol–water partition coefficient (Wildman–Crippen LogP) is 3.24. The Morgan fingerprint density at radius 2 is 2.09 bits per heavy atom. The fraction of sp³-hybridized carbons (Fsp3) is 0.294. The fourth-order valence-corrected chi connectivity index (χ4v) is 2.31. The standard InChI is InChI=1S/C17H18FNO4/c1-10(12-4-3-5-13(18)7-12)6-16(20)19-9-14-8-15(17(21)22)11(2)23-14/h3-5,7-8,10H,6,9H2,1-2H3,(H,19,20)(H,21,22). The van der Waals surface area contributed by atoms with Crippen molar-refractivity contribution >= 4 is 11.9 Å². The van der Waals surface area contributed by atoms with Crippen LogP contribution in [0.3, 0.4) is 0 Å². The second-order valence-corrected chi connectivity index (χ2v) is 5.42. The quantitative estimate of drug-likeness (QED) is 0.856. The summed E-state index contributed by atoms with van der Waals surface area (Å²) in [5, 5.41) is 11.6. The van der Waals surface area contributed by atoms with Gasteiger partial charge in [0.2, 0.25) is 5.91 Å². The van der Waals surface area contributed by atoms with E-state index >= 15 is 0 Å². The number of rotatable bonds is 6. The summed E-state index contributed by atoms with van der Waals surface area (Å²) in [5.41, 5.74) is 0.838. The van der Waals surface area contributed by atoms with Gasteiger partial charge < -0.3 is 14.8 Å². The number of carboxylic acids is 1. The second-order valence-electron chi connectivity index (χ2n) is 5.42. The number of aryl methyl sites for hydroxylation is 1. The van der Waals surface area contributed by atoms with Gasteiger partial charge in [0.15, 0.2) is 0 Å². The molecule has 0 fully saturated rings. The summed E-state index contributed by atoms with van der Waals surface area (Å²) in [6, 6.07) is 7.55. The van der Waals surface area contributed by atoms with Crippen LogP contribution in [-0.4, -0.2) is 17.0 Å². The maximum Gasteiger partial charge on any atom is 0.339 e. The maximum absolute atomic E-state index is 13.2. The monoisotopic (exact) mass is 319 g/mol. The highest BCUT2D eigenvalue weighted by molar-refractivity contribution is 5.88. The number of halogens is 1. The van der Waals surface area contributed by atoms with Crippen LogP contribution in [0, 0.1) is 12.7 Å². The first-order valence-electron chi connectivity index (χ1n) is 7.21. The lowest BCUT2D eigenvalue weighted by Gasteiger charge is -2.11. The van der Waals surface area contributed by atoms with Crippen molar-refractivity contribution in [3.8, 4) is 0 Å². The number of hydrogen-bond donors (Lipinski definition) is 2. The average molecular weight is 319 g/mol. The van der Waals surface area contributed by atoms with Crippen molar-refractivity contribution in [3.05, 3.63) is 58.8 Å². The zero-order valence-electron chi connectivity index (χ0n) is 12.9. The Balaban J connectivity index is 1.90. The minimum Gasteiger partial charge on any atom is -0.478 e. The van der Waals surface area contributed by atoms with E-state index in [0.29, 0.717) is 11.5 Å². The first-order valence-corrected chi connectivity index (χ1v) is 7.21. The first-order chi connectivity index (χ1) is 10.9. The Kier molecular flexibility index (Phi) is 5.16. The van der Waals surface area contributed by atoms with Crippen molar-refractivity contribution in [3.63, 3.8) is 0 Å². The highest BCUT2D eigenvalue weighted by atomic mass is 19.1. The van der Waals surface area contributed by atoms with Gasteiger partial charge in [0.1, 0.15) is 22.9 Å². The number of nitrogens with one attached hydrogen (secondary N) is 1. The molecule has 0 saturated carbocycles. The van der Waals surface area contributed by atoms with Crippen molar-refractivity contribution < 1.29 is 23.5 Å². The molecule has 5 nitrogen and oxygen atoms in total. The summed E-state index contributed by atoms with van der Waals surface area (Å²) in [6.45, 7) is 3.51. The molecule has 2 aromatic rings. The van der Waals surface area contributed by atoms with Gasteiger partial charge >= 0.3 is 5.97 Å². The highest BCUT2D eigenvalue weighted by Crippen LogP contribution is 2.20. The largest absolute Gasteiger partial charge is 0.478 e. The zero-order chi connectivity index (χ0) is 17.0. The molecular formula is C17H18FNO4. The summed E-state index contributed by atoms with van der Waals surface area (Å²) in [7, 11) is 0. The Morgan fingerprint density at radius 3 is 2.70 bits per heavy atom. The van der Waals surface area contributed by atoms with Gasteiger partial charge in [0.25, 0.3) is 0 Å². The van der Waals surface area contributed by atoms with Crippen molar-refractivity contribution in [1.29, 1.82) is 0 Å². The third-order valence-electron chi connectivity index (χ3n) is 3.57. The van der Waals surface area contributed by atoms with E-state index in [2.05, 4.69) is 5.32 Å². The molecule has 1 amide bonds. The van der Waals surface area contributed by atoms with E-state index in [1.54, 1.807) is 19.1 Å². The molecule has 0 saturated heterocycles. The van der Waals surface area contributed by atoms with Gasteiger partial charge in [-0.15, -0.1) is 0 Å². The minimum absolute atomic E-state index is 0.0855. The number of carboxylic acid groups (broad SMARTS) is 1. The lowest BCUT2D eigenvalue weighted by Crippen LogP contribution is -2.23. The molecule has 1 aromatic heterocycles. The van der Waals surface area contributed by atoms with E-state index in [9.17, 15) is 14.0 Å². The summed E-state index contributed by atoms with van der Waals surface area (Å²) < 4.78 is 18.5. The van der Waals surface area contributed by atoms with Crippen LogP contribution in [0.2, 0.25) is 0 Å². The Bertz CT molecular complexity index is 723. The Hall–Kier alpha value is -2.63. The second kappa shape index (κ2) is 7.09. The van der Waals surface area contributed by atoms with Gasteiger partial charge in [-0.1, -0.05) is 19.1 Å². The van der Waals surface area contributed by atoms with E-state index in [1.165, 1.54) is 18.2 Å². The Morgan fingerprint density at radius 1 is 1.35 bits per heavy atom. The molecule has 0 spiro atoms. The molecular weight excluding hydrogens is 301 g/mol. The minimum atomic E-state index is -1.07. The van der Waals surface area contributed by atoms with E-state index in [0.717, 1.165) is 5.56 Å². The topological polar surface area (TPSA) is 79.5 Å². The first kappa shape index (κ1) is 16.7. The van der Waals surface area contributed by atoms with Crippen LogP contribution < -0.4 is 5.32 Å². The molecule has 0 bridgehead atoms. The summed E-state index contributed by atoms with van der Waals surface area (Å²) in [6.07, 6.45) is 0.203. The van der Waals surface area contributed by atoms with Gasteiger partial charge in [-0.2, -0.15) is 0 Å². The third-order valence-corrected chi connectivity index (χ3v) is 3.57. The molecule has 122 valence electrons. The lowest BCUT2D eigenvalue weighted by atomic mass is 9.97. The molecule has 1 atom stereocenters. The number of carbonyl (C=O) groups is 2. The van der Waals surface area contributed by atoms with Crippen LogP contribution in [0.4, 0.5) is 4.39 Å². The SMILES string of the molecule is Cc1oc(CNC(=O)CC(C)c2cccc(F)c2)cc1C(=O)O. The number of furan rings is 1. The van der Waals surface area contributed by atoms with E-state index in [4.69, 9.17) is 9.52 Å². The summed E-state index contributed by atoms with van der Waals surface area (Å²) in [5.74, 6) is -1.06. The molecule has 2 rings (SSSR count). The van der Waals surface area contributed by atoms with Crippen LogP contribution in [0.5, 0.6) is 0 Å². The highest BCUT2D eigenvalue weighted by Gasteiger charge is 2.15. The van der Waals surface area contributed by atoms with Crippen LogP contribution >= 0.6 is 0 Å². The zero-order valence-corrected chi connectivity index (χ0v) is 12.9. The van der Waals surface area contributed by atoms with Crippen molar-refractivity contribution in [2.75, 3.05) is 0 Å². The molecule has 0 aliphatic carbocycles. The van der Waals surface area contributed by atoms with Gasteiger partial charge in [0, 0.05) is 6.42 Å². The molecule has 0 radical (unpaired) electrons. The van der Waals surface area contributed by atoms with Crippen LogP contribution in [0.15, 0.2) is 34.7 Å². The fourth-order valence-electron chi connectivity index (χ4n) is 2.31. The average Bonchev–Trinajstić information content (AvgIpc) is 2.86. The van der Waals surface area contributed by atoms with Crippen molar-refractivity contribution in [2.45, 2.75) is 32.7 Å². The predicted molar refractivity (Wildman–Crippen MR) is 81.7 cm³/mol. The van der Waals surface area contributed by atoms with E-state index < -0.39 is 5.97 Å². The summed E-state index contributed by atoms with van der Waals surface area (Å²) >= 11 is 0. The smallest absolute Gasteiger partial charge is 0.339 e.